The molecule has 10 heteroatoms. The molecule has 0 aliphatic rings. The van der Waals surface area contributed by atoms with Gasteiger partial charge in [-0.1, -0.05) is 120 Å². The maximum atomic E-state index is 13.4. The van der Waals surface area contributed by atoms with Crippen LogP contribution in [0.2, 0.25) is 0 Å². The van der Waals surface area contributed by atoms with E-state index in [9.17, 15) is 19.2 Å². The van der Waals surface area contributed by atoms with E-state index in [2.05, 4.69) is 51.6 Å². The molecule has 2 atom stereocenters. The van der Waals surface area contributed by atoms with Crippen molar-refractivity contribution < 1.29 is 28.7 Å². The van der Waals surface area contributed by atoms with E-state index >= 15 is 0 Å². The Bertz CT molecular complexity index is 2230. The van der Waals surface area contributed by atoms with Crippen molar-refractivity contribution in [2.75, 3.05) is 13.2 Å². The summed E-state index contributed by atoms with van der Waals surface area (Å²) in [6.07, 6.45) is 1.80. The van der Waals surface area contributed by atoms with Gasteiger partial charge in [0, 0.05) is 36.8 Å². The topological polar surface area (TPSA) is 135 Å². The Labute approximate surface area is 379 Å². The van der Waals surface area contributed by atoms with Crippen molar-refractivity contribution in [3.05, 3.63) is 165 Å². The molecule has 0 heterocycles. The molecule has 0 aromatic heterocycles. The molecule has 4 N–H and O–H groups in total. The summed E-state index contributed by atoms with van der Waals surface area (Å²) in [4.78, 5) is 53.5. The van der Waals surface area contributed by atoms with Gasteiger partial charge in [0.2, 0.25) is 11.8 Å². The van der Waals surface area contributed by atoms with Crippen LogP contribution in [0.25, 0.3) is 0 Å². The number of benzene rings is 5. The highest BCUT2D eigenvalue weighted by molar-refractivity contribution is 5.89. The van der Waals surface area contributed by atoms with Crippen molar-refractivity contribution >= 4 is 23.6 Å². The Morgan fingerprint density at radius 2 is 0.844 bits per heavy atom. The third-order valence-electron chi connectivity index (χ3n) is 10.3. The van der Waals surface area contributed by atoms with Gasteiger partial charge >= 0.3 is 0 Å². The van der Waals surface area contributed by atoms with E-state index in [0.717, 1.165) is 55.6 Å². The number of carbonyl (C=O) groups is 4. The molecule has 5 rings (SSSR count). The fourth-order valence-electron chi connectivity index (χ4n) is 7.83. The lowest BCUT2D eigenvalue weighted by Crippen LogP contribution is -2.53. The lowest BCUT2D eigenvalue weighted by Gasteiger charge is -2.26. The number of carbonyl (C=O) groups excluding carboxylic acids is 4. The van der Waals surface area contributed by atoms with Crippen molar-refractivity contribution in [3.63, 3.8) is 0 Å². The summed E-state index contributed by atoms with van der Waals surface area (Å²) in [5.41, 5.74) is 8.91. The molecule has 0 saturated heterocycles. The van der Waals surface area contributed by atoms with E-state index in [1.807, 2.05) is 148 Å². The van der Waals surface area contributed by atoms with Crippen LogP contribution in [0.1, 0.15) is 97.2 Å². The molecule has 5 aromatic rings. The number of hydrogen-bond acceptors (Lipinski definition) is 6. The Hall–Kier alpha value is -6.42. The quantitative estimate of drug-likeness (QED) is 0.0703. The highest BCUT2D eigenvalue weighted by Crippen LogP contribution is 2.31. The van der Waals surface area contributed by atoms with E-state index in [0.29, 0.717) is 37.2 Å². The zero-order chi connectivity index (χ0) is 46.6. The van der Waals surface area contributed by atoms with Crippen molar-refractivity contribution in [1.82, 2.24) is 21.3 Å². The molecule has 10 nitrogen and oxygen atoms in total. The van der Waals surface area contributed by atoms with Crippen LogP contribution in [-0.4, -0.2) is 60.0 Å². The minimum atomic E-state index is -0.775. The van der Waals surface area contributed by atoms with Gasteiger partial charge in [-0.2, -0.15) is 0 Å². The summed E-state index contributed by atoms with van der Waals surface area (Å²) in [7, 11) is 0. The minimum Gasteiger partial charge on any atom is -0.483 e. The van der Waals surface area contributed by atoms with Crippen molar-refractivity contribution in [3.8, 4) is 11.5 Å². The van der Waals surface area contributed by atoms with Crippen LogP contribution in [0.3, 0.4) is 0 Å². The summed E-state index contributed by atoms with van der Waals surface area (Å²) >= 11 is 0. The van der Waals surface area contributed by atoms with Crippen molar-refractivity contribution in [2.45, 2.75) is 118 Å². The Kier molecular flexibility index (Phi) is 16.5. The van der Waals surface area contributed by atoms with Gasteiger partial charge in [-0.05, 0) is 114 Å². The molecule has 0 radical (unpaired) electrons. The first-order valence-electron chi connectivity index (χ1n) is 22.1. The van der Waals surface area contributed by atoms with Gasteiger partial charge in [-0.15, -0.1) is 0 Å². The lowest BCUT2D eigenvalue weighted by atomic mass is 9.95. The third-order valence-corrected chi connectivity index (χ3v) is 10.3. The maximum absolute atomic E-state index is 13.4. The Balaban J connectivity index is 1.28. The normalized spacial score (nSPS) is 12.4. The molecule has 0 aliphatic heterocycles. The Morgan fingerprint density at radius 1 is 0.484 bits per heavy atom. The van der Waals surface area contributed by atoms with Gasteiger partial charge in [-0.3, -0.25) is 19.2 Å². The fraction of sp³-hybridized carbons (Fsp3) is 0.370. The van der Waals surface area contributed by atoms with E-state index in [4.69, 9.17) is 9.47 Å². The number of rotatable bonds is 18. The average molecular weight is 867 g/mol. The number of ether oxygens (including phenoxy) is 2. The van der Waals surface area contributed by atoms with Crippen LogP contribution in [0.4, 0.5) is 0 Å². The summed E-state index contributed by atoms with van der Waals surface area (Å²) < 4.78 is 12.6. The fourth-order valence-corrected chi connectivity index (χ4v) is 7.83. The van der Waals surface area contributed by atoms with Gasteiger partial charge in [0.05, 0.1) is 0 Å². The molecule has 0 fully saturated rings. The monoisotopic (exact) mass is 866 g/mol. The van der Waals surface area contributed by atoms with Crippen molar-refractivity contribution in [2.24, 2.45) is 0 Å². The van der Waals surface area contributed by atoms with Gasteiger partial charge in [0.25, 0.3) is 11.8 Å². The second-order valence-corrected chi connectivity index (χ2v) is 19.0. The number of hydrogen-bond donors (Lipinski definition) is 4. The van der Waals surface area contributed by atoms with Crippen LogP contribution in [0.15, 0.2) is 109 Å². The third kappa shape index (κ3) is 15.4. The van der Waals surface area contributed by atoms with Gasteiger partial charge in [-0.25, -0.2) is 0 Å². The van der Waals surface area contributed by atoms with E-state index in [1.54, 1.807) is 0 Å². The van der Waals surface area contributed by atoms with Crippen LogP contribution in [0.5, 0.6) is 11.5 Å². The van der Waals surface area contributed by atoms with Crippen LogP contribution < -0.4 is 30.7 Å². The number of nitrogens with one attached hydrogen (secondary N) is 4. The molecule has 0 saturated carbocycles. The number of aryl methyl sites for hydroxylation is 4. The molecule has 0 spiro atoms. The van der Waals surface area contributed by atoms with Crippen LogP contribution in [-0.2, 0) is 44.9 Å². The predicted molar refractivity (Wildman–Crippen MR) is 255 cm³/mol. The highest BCUT2D eigenvalue weighted by Gasteiger charge is 2.27. The molecule has 64 heavy (non-hydrogen) atoms. The molecule has 5 aromatic carbocycles. The number of amides is 4. The SMILES string of the molecule is Cc1cc(C)c(OCC(=O)N[C@@H](Cc2ccccc2)C(=O)NC(C)(C)C)c(Cc2cccc(Cc3cc(C)cc(C)c3OCC(=O)N[C@@H](Cc3ccccc3)C(=O)NC(C)(C)C)c2)c1. The molecule has 0 bridgehead atoms. The lowest BCUT2D eigenvalue weighted by molar-refractivity contribution is -0.130. The first kappa shape index (κ1) is 48.6. The molecule has 4 amide bonds. The Morgan fingerprint density at radius 3 is 1.20 bits per heavy atom. The second kappa shape index (κ2) is 21.8. The molecular formula is C54H66N4O6. The van der Waals surface area contributed by atoms with Gasteiger partial charge < -0.3 is 30.7 Å². The van der Waals surface area contributed by atoms with Crippen molar-refractivity contribution in [1.29, 1.82) is 0 Å². The van der Waals surface area contributed by atoms with Crippen LogP contribution >= 0.6 is 0 Å². The second-order valence-electron chi connectivity index (χ2n) is 19.0. The standard InChI is InChI=1S/C54H66N4O6/c1-35-24-37(3)49(63-33-47(59)55-45(51(61)57-53(5,6)7)31-39-18-13-11-14-19-39)43(26-35)29-41-22-17-23-42(28-41)30-44-27-36(2)25-38(4)50(44)64-34-48(60)56-46(52(62)58-54(8,9)10)32-40-20-15-12-16-21-40/h11-28,45-46H,29-34H2,1-10H3,(H,55,59)(H,56,60)(H,57,61)(H,58,62)/t45-,46-/m0/s1. The van der Waals surface area contributed by atoms with Crippen LogP contribution in [0, 0.1) is 27.7 Å². The molecule has 0 aliphatic carbocycles. The molecule has 338 valence electrons. The van der Waals surface area contributed by atoms with E-state index in [1.165, 1.54) is 0 Å². The molecule has 0 unspecified atom stereocenters. The predicted octanol–water partition coefficient (Wildman–Crippen LogP) is 8.14. The summed E-state index contributed by atoms with van der Waals surface area (Å²) in [5, 5.41) is 11.8. The smallest absolute Gasteiger partial charge is 0.258 e. The zero-order valence-corrected chi connectivity index (χ0v) is 39.2. The average Bonchev–Trinajstić information content (AvgIpc) is 3.19. The summed E-state index contributed by atoms with van der Waals surface area (Å²) in [6.45, 7) is 19.0. The first-order chi connectivity index (χ1) is 30.2. The minimum absolute atomic E-state index is 0.254. The van der Waals surface area contributed by atoms with E-state index < -0.39 is 23.2 Å². The zero-order valence-electron chi connectivity index (χ0n) is 39.2. The molecular weight excluding hydrogens is 801 g/mol. The summed E-state index contributed by atoms with van der Waals surface area (Å²) in [5.74, 6) is -0.0241. The maximum Gasteiger partial charge on any atom is 0.258 e. The van der Waals surface area contributed by atoms with Gasteiger partial charge in [0.1, 0.15) is 23.6 Å². The first-order valence-corrected chi connectivity index (χ1v) is 22.1. The highest BCUT2D eigenvalue weighted by atomic mass is 16.5. The summed E-state index contributed by atoms with van der Waals surface area (Å²) in [6, 6.07) is 34.3. The largest absolute Gasteiger partial charge is 0.483 e. The van der Waals surface area contributed by atoms with Gasteiger partial charge in [0.15, 0.2) is 13.2 Å². The van der Waals surface area contributed by atoms with E-state index in [-0.39, 0.29) is 36.8 Å².